The third kappa shape index (κ3) is 2.65. The normalized spacial score (nSPS) is 25.4. The smallest absolute Gasteiger partial charge is 0.185 e. The Kier molecular flexibility index (Phi) is 4.01. The van der Waals surface area contributed by atoms with E-state index in [9.17, 15) is 10.2 Å². The van der Waals surface area contributed by atoms with Gasteiger partial charge in [0.25, 0.3) is 0 Å². The highest BCUT2D eigenvalue weighted by atomic mass is 16.5. The predicted octanol–water partition coefficient (Wildman–Crippen LogP) is -0.243. The van der Waals surface area contributed by atoms with Crippen LogP contribution < -0.4 is 0 Å². The molecule has 2 aromatic rings. The number of ether oxygens (including phenoxy) is 1. The topological polar surface area (TPSA) is 120 Å². The molecule has 0 amide bonds. The first-order valence-corrected chi connectivity index (χ1v) is 6.94. The molecule has 0 saturated carbocycles. The van der Waals surface area contributed by atoms with Crippen LogP contribution in [0.1, 0.15) is 18.2 Å². The van der Waals surface area contributed by atoms with Crippen molar-refractivity contribution in [3.05, 3.63) is 12.0 Å². The van der Waals surface area contributed by atoms with Crippen molar-refractivity contribution in [3.8, 4) is 0 Å². The van der Waals surface area contributed by atoms with Gasteiger partial charge in [-0.1, -0.05) is 0 Å². The summed E-state index contributed by atoms with van der Waals surface area (Å²) in [6.45, 7) is -0.225. The first kappa shape index (κ1) is 14.8. The van der Waals surface area contributed by atoms with Crippen LogP contribution in [0.4, 0.5) is 5.82 Å². The zero-order valence-electron chi connectivity index (χ0n) is 12.3. The molecule has 3 heterocycles. The van der Waals surface area contributed by atoms with Gasteiger partial charge in [-0.3, -0.25) is 5.10 Å². The van der Waals surface area contributed by atoms with E-state index >= 15 is 0 Å². The van der Waals surface area contributed by atoms with Crippen molar-refractivity contribution < 1.29 is 14.9 Å². The predicted molar refractivity (Wildman–Crippen MR) is 78.8 cm³/mol. The number of aliphatic imine (C=N–C) groups is 1. The van der Waals surface area contributed by atoms with Crippen molar-refractivity contribution in [2.45, 2.75) is 24.7 Å². The Morgan fingerprint density at radius 1 is 1.45 bits per heavy atom. The highest BCUT2D eigenvalue weighted by molar-refractivity contribution is 5.86. The molecule has 0 bridgehead atoms. The van der Waals surface area contributed by atoms with E-state index in [0.717, 1.165) is 0 Å². The van der Waals surface area contributed by atoms with Crippen molar-refractivity contribution in [1.82, 2.24) is 25.1 Å². The minimum absolute atomic E-state index is 0.225. The standard InChI is InChI=1S/C13H18N6O3/c1-19(2)6-16-13-12-11(14-5-15-13)10(17-18-12)8-3-7(21)9(4-20)22-8/h5-9,20-21H,3-4H2,1-2H3,(H,17,18)/t7-,8+,9+/m0/s1. The Morgan fingerprint density at radius 2 is 2.27 bits per heavy atom. The maximum Gasteiger partial charge on any atom is 0.185 e. The number of nitrogens with zero attached hydrogens (tertiary/aromatic N) is 5. The summed E-state index contributed by atoms with van der Waals surface area (Å²) < 4.78 is 5.64. The number of aliphatic hydroxyl groups is 2. The fraction of sp³-hybridized carbons (Fsp3) is 0.538. The average Bonchev–Trinajstić information content (AvgIpc) is 3.08. The first-order chi connectivity index (χ1) is 10.6. The van der Waals surface area contributed by atoms with Crippen molar-refractivity contribution in [1.29, 1.82) is 0 Å². The van der Waals surface area contributed by atoms with Crippen molar-refractivity contribution in [3.63, 3.8) is 0 Å². The second-order valence-electron chi connectivity index (χ2n) is 5.39. The molecule has 1 saturated heterocycles. The number of aliphatic hydroxyl groups excluding tert-OH is 2. The van der Waals surface area contributed by atoms with Gasteiger partial charge in [0.05, 0.1) is 24.7 Å². The molecular weight excluding hydrogens is 288 g/mol. The van der Waals surface area contributed by atoms with Crippen LogP contribution in [0.15, 0.2) is 11.3 Å². The van der Waals surface area contributed by atoms with Gasteiger partial charge in [-0.15, -0.1) is 0 Å². The molecule has 0 radical (unpaired) electrons. The van der Waals surface area contributed by atoms with Crippen LogP contribution in [0.3, 0.4) is 0 Å². The van der Waals surface area contributed by atoms with E-state index in [-0.39, 0.29) is 6.61 Å². The molecule has 0 spiro atoms. The van der Waals surface area contributed by atoms with E-state index in [0.29, 0.717) is 29.0 Å². The molecular formula is C13H18N6O3. The summed E-state index contributed by atoms with van der Waals surface area (Å²) in [4.78, 5) is 14.4. The third-order valence-corrected chi connectivity index (χ3v) is 3.48. The number of hydrogen-bond donors (Lipinski definition) is 3. The summed E-state index contributed by atoms with van der Waals surface area (Å²) in [5, 5.41) is 26.1. The molecule has 9 heteroatoms. The number of rotatable bonds is 4. The van der Waals surface area contributed by atoms with Crippen LogP contribution in [0.5, 0.6) is 0 Å². The minimum atomic E-state index is -0.707. The summed E-state index contributed by atoms with van der Waals surface area (Å²) in [5.74, 6) is 0.457. The number of aromatic nitrogens is 4. The number of aromatic amines is 1. The van der Waals surface area contributed by atoms with Crippen molar-refractivity contribution >= 4 is 23.2 Å². The Hall–Kier alpha value is -2.10. The average molecular weight is 306 g/mol. The third-order valence-electron chi connectivity index (χ3n) is 3.48. The number of H-pyrrole nitrogens is 1. The van der Waals surface area contributed by atoms with Gasteiger partial charge in [0, 0.05) is 20.5 Å². The lowest BCUT2D eigenvalue weighted by molar-refractivity contribution is -0.0232. The van der Waals surface area contributed by atoms with E-state index in [1.807, 2.05) is 14.1 Å². The van der Waals surface area contributed by atoms with Gasteiger partial charge in [-0.2, -0.15) is 5.10 Å². The van der Waals surface area contributed by atoms with Crippen LogP contribution in [0.2, 0.25) is 0 Å². The van der Waals surface area contributed by atoms with Crippen molar-refractivity contribution in [2.24, 2.45) is 4.99 Å². The lowest BCUT2D eigenvalue weighted by Gasteiger charge is -2.10. The highest BCUT2D eigenvalue weighted by Crippen LogP contribution is 2.35. The molecule has 118 valence electrons. The van der Waals surface area contributed by atoms with Crippen LogP contribution >= 0.6 is 0 Å². The second kappa shape index (κ2) is 5.95. The molecule has 9 nitrogen and oxygen atoms in total. The molecule has 1 aliphatic heterocycles. The maximum absolute atomic E-state index is 9.85. The molecule has 1 aliphatic rings. The van der Waals surface area contributed by atoms with Crippen LogP contribution in [0.25, 0.3) is 11.0 Å². The van der Waals surface area contributed by atoms with Gasteiger partial charge in [0.2, 0.25) is 0 Å². The number of fused-ring (bicyclic) bond motifs is 1. The van der Waals surface area contributed by atoms with Gasteiger partial charge >= 0.3 is 0 Å². The van der Waals surface area contributed by atoms with Gasteiger partial charge in [0.15, 0.2) is 11.3 Å². The Balaban J connectivity index is 1.95. The van der Waals surface area contributed by atoms with E-state index in [4.69, 9.17) is 4.74 Å². The Labute approximate surface area is 126 Å². The summed E-state index contributed by atoms with van der Waals surface area (Å²) >= 11 is 0. The molecule has 3 rings (SSSR count). The highest BCUT2D eigenvalue weighted by Gasteiger charge is 2.36. The molecule has 0 aromatic carbocycles. The summed E-state index contributed by atoms with van der Waals surface area (Å²) in [5.41, 5.74) is 1.81. The van der Waals surface area contributed by atoms with Crippen molar-refractivity contribution in [2.75, 3.05) is 20.7 Å². The molecule has 3 N–H and O–H groups in total. The molecule has 0 aliphatic carbocycles. The quantitative estimate of drug-likeness (QED) is 0.526. The van der Waals surface area contributed by atoms with E-state index < -0.39 is 18.3 Å². The lowest BCUT2D eigenvalue weighted by atomic mass is 10.1. The fourth-order valence-corrected chi connectivity index (χ4v) is 2.41. The van der Waals surface area contributed by atoms with Gasteiger partial charge in [-0.25, -0.2) is 15.0 Å². The maximum atomic E-state index is 9.85. The van der Waals surface area contributed by atoms with Crippen LogP contribution in [0, 0.1) is 0 Å². The largest absolute Gasteiger partial charge is 0.394 e. The lowest BCUT2D eigenvalue weighted by Crippen LogP contribution is -2.24. The SMILES string of the molecule is CN(C)C=Nc1ncnc2c([C@H]3C[C@H](O)[C@@H](CO)O3)[nH]nc12. The van der Waals surface area contributed by atoms with E-state index in [1.165, 1.54) is 6.33 Å². The minimum Gasteiger partial charge on any atom is -0.394 e. The van der Waals surface area contributed by atoms with Gasteiger partial charge in [0.1, 0.15) is 24.1 Å². The summed E-state index contributed by atoms with van der Waals surface area (Å²) in [6, 6.07) is 0. The van der Waals surface area contributed by atoms with Crippen LogP contribution in [-0.2, 0) is 4.74 Å². The summed E-state index contributed by atoms with van der Waals surface area (Å²) in [6.07, 6.45) is 1.74. The molecule has 0 unspecified atom stereocenters. The monoisotopic (exact) mass is 306 g/mol. The summed E-state index contributed by atoms with van der Waals surface area (Å²) in [7, 11) is 3.72. The Bertz CT molecular complexity index is 685. The second-order valence-corrected chi connectivity index (χ2v) is 5.39. The molecule has 2 aromatic heterocycles. The first-order valence-electron chi connectivity index (χ1n) is 6.94. The molecule has 22 heavy (non-hydrogen) atoms. The number of hydrogen-bond acceptors (Lipinski definition) is 7. The zero-order chi connectivity index (χ0) is 15.7. The zero-order valence-corrected chi connectivity index (χ0v) is 12.3. The van der Waals surface area contributed by atoms with E-state index in [2.05, 4.69) is 25.2 Å². The van der Waals surface area contributed by atoms with Gasteiger partial charge < -0.3 is 19.8 Å². The van der Waals surface area contributed by atoms with E-state index in [1.54, 1.807) is 11.2 Å². The van der Waals surface area contributed by atoms with Crippen LogP contribution in [-0.4, -0.2) is 74.5 Å². The Morgan fingerprint density at radius 3 is 2.95 bits per heavy atom. The molecule has 1 fully saturated rings. The van der Waals surface area contributed by atoms with Gasteiger partial charge in [-0.05, 0) is 0 Å². The fourth-order valence-electron chi connectivity index (χ4n) is 2.41. The number of nitrogens with one attached hydrogen (secondary N) is 1. The molecule has 3 atom stereocenters.